The Morgan fingerprint density at radius 1 is 1.14 bits per heavy atom. The molecular formula is C17H16N2O3. The number of anilines is 1. The van der Waals surface area contributed by atoms with Crippen LogP contribution in [0.25, 0.3) is 0 Å². The zero-order chi connectivity index (χ0) is 15.9. The fourth-order valence-corrected chi connectivity index (χ4v) is 3.00. The summed E-state index contributed by atoms with van der Waals surface area (Å²) in [5, 5.41) is 14.2. The molecule has 0 unspecified atom stereocenters. The van der Waals surface area contributed by atoms with Gasteiger partial charge in [0, 0.05) is 29.7 Å². The minimum absolute atomic E-state index is 0.0615. The molecule has 0 radical (unpaired) electrons. The number of nitro groups is 1. The Kier molecular flexibility index (Phi) is 3.41. The molecule has 2 aromatic carbocycles. The number of fused-ring (bicyclic) bond motifs is 1. The molecule has 1 heterocycles. The highest BCUT2D eigenvalue weighted by atomic mass is 16.6. The van der Waals surface area contributed by atoms with Crippen molar-refractivity contribution >= 4 is 17.3 Å². The number of rotatable bonds is 2. The van der Waals surface area contributed by atoms with Gasteiger partial charge in [-0.25, -0.2) is 0 Å². The predicted molar refractivity (Wildman–Crippen MR) is 84.1 cm³/mol. The van der Waals surface area contributed by atoms with Crippen LogP contribution >= 0.6 is 0 Å². The molecule has 1 aliphatic heterocycles. The predicted octanol–water partition coefficient (Wildman–Crippen LogP) is 3.69. The summed E-state index contributed by atoms with van der Waals surface area (Å²) >= 11 is 0. The topological polar surface area (TPSA) is 72.2 Å². The fourth-order valence-electron chi connectivity index (χ4n) is 3.00. The number of hydrogen-bond donors (Lipinski definition) is 1. The first-order valence-corrected chi connectivity index (χ1v) is 7.12. The first-order valence-electron chi connectivity index (χ1n) is 7.12. The molecule has 3 rings (SSSR count). The van der Waals surface area contributed by atoms with E-state index in [9.17, 15) is 14.9 Å². The Labute approximate surface area is 128 Å². The first kappa shape index (κ1) is 14.3. The van der Waals surface area contributed by atoms with Crippen molar-refractivity contribution in [3.8, 4) is 0 Å². The van der Waals surface area contributed by atoms with E-state index in [0.29, 0.717) is 5.56 Å². The van der Waals surface area contributed by atoms with Crippen LogP contribution in [0, 0.1) is 24.0 Å². The summed E-state index contributed by atoms with van der Waals surface area (Å²) in [6.45, 7) is 3.94. The SMILES string of the molecule is Cc1ccc2c(c1C)NC(=O)C[C@H]2c1ccccc1[N+](=O)[O-]. The van der Waals surface area contributed by atoms with Crippen molar-refractivity contribution < 1.29 is 9.72 Å². The second-order valence-electron chi connectivity index (χ2n) is 5.59. The van der Waals surface area contributed by atoms with E-state index in [1.807, 2.05) is 26.0 Å². The molecule has 5 nitrogen and oxygen atoms in total. The number of hydrogen-bond acceptors (Lipinski definition) is 3. The number of benzene rings is 2. The van der Waals surface area contributed by atoms with Gasteiger partial charge in [-0.2, -0.15) is 0 Å². The highest BCUT2D eigenvalue weighted by Crippen LogP contribution is 2.42. The second-order valence-corrected chi connectivity index (χ2v) is 5.59. The average Bonchev–Trinajstić information content (AvgIpc) is 2.50. The highest BCUT2D eigenvalue weighted by Gasteiger charge is 2.31. The minimum Gasteiger partial charge on any atom is -0.326 e. The van der Waals surface area contributed by atoms with E-state index in [-0.39, 0.29) is 28.9 Å². The number of amides is 1. The van der Waals surface area contributed by atoms with E-state index in [0.717, 1.165) is 22.4 Å². The maximum Gasteiger partial charge on any atom is 0.273 e. The zero-order valence-corrected chi connectivity index (χ0v) is 12.4. The number of carbonyl (C=O) groups is 1. The van der Waals surface area contributed by atoms with Crippen molar-refractivity contribution in [2.75, 3.05) is 5.32 Å². The summed E-state index contributed by atoms with van der Waals surface area (Å²) in [6, 6.07) is 10.6. The summed E-state index contributed by atoms with van der Waals surface area (Å²) in [4.78, 5) is 23.0. The molecule has 1 N–H and O–H groups in total. The largest absolute Gasteiger partial charge is 0.326 e. The molecule has 1 aliphatic rings. The van der Waals surface area contributed by atoms with E-state index in [1.54, 1.807) is 18.2 Å². The van der Waals surface area contributed by atoms with Gasteiger partial charge in [-0.15, -0.1) is 0 Å². The van der Waals surface area contributed by atoms with Crippen LogP contribution in [0.5, 0.6) is 0 Å². The van der Waals surface area contributed by atoms with Crippen molar-refractivity contribution in [1.29, 1.82) is 0 Å². The van der Waals surface area contributed by atoms with Gasteiger partial charge >= 0.3 is 0 Å². The quantitative estimate of drug-likeness (QED) is 0.678. The lowest BCUT2D eigenvalue weighted by molar-refractivity contribution is -0.385. The van der Waals surface area contributed by atoms with Crippen LogP contribution in [-0.4, -0.2) is 10.8 Å². The number of nitrogens with zero attached hydrogens (tertiary/aromatic N) is 1. The molecule has 0 saturated heterocycles. The number of para-hydroxylation sites is 1. The lowest BCUT2D eigenvalue weighted by atomic mass is 9.82. The number of nitro benzene ring substituents is 1. The molecule has 5 heteroatoms. The van der Waals surface area contributed by atoms with Crippen LogP contribution < -0.4 is 5.32 Å². The molecule has 0 aliphatic carbocycles. The van der Waals surface area contributed by atoms with Crippen LogP contribution in [0.4, 0.5) is 11.4 Å². The molecule has 1 amide bonds. The average molecular weight is 296 g/mol. The van der Waals surface area contributed by atoms with Gasteiger partial charge in [0.05, 0.1) is 4.92 Å². The van der Waals surface area contributed by atoms with E-state index in [4.69, 9.17) is 0 Å². The van der Waals surface area contributed by atoms with Gasteiger partial charge < -0.3 is 5.32 Å². The van der Waals surface area contributed by atoms with Crippen molar-refractivity contribution in [2.45, 2.75) is 26.2 Å². The zero-order valence-electron chi connectivity index (χ0n) is 12.4. The van der Waals surface area contributed by atoms with Gasteiger partial charge in [0.2, 0.25) is 5.91 Å². The minimum atomic E-state index is -0.386. The molecule has 1 atom stereocenters. The van der Waals surface area contributed by atoms with Gasteiger partial charge in [-0.3, -0.25) is 14.9 Å². The van der Waals surface area contributed by atoms with Gasteiger partial charge in [0.15, 0.2) is 0 Å². The third kappa shape index (κ3) is 2.24. The third-order valence-electron chi connectivity index (χ3n) is 4.31. The summed E-state index contributed by atoms with van der Waals surface area (Å²) < 4.78 is 0. The summed E-state index contributed by atoms with van der Waals surface area (Å²) in [7, 11) is 0. The Morgan fingerprint density at radius 3 is 2.59 bits per heavy atom. The van der Waals surface area contributed by atoms with E-state index < -0.39 is 0 Å². The Hall–Kier alpha value is -2.69. The molecule has 0 fully saturated rings. The molecule has 22 heavy (non-hydrogen) atoms. The molecule has 0 saturated carbocycles. The molecule has 0 bridgehead atoms. The molecule has 2 aromatic rings. The van der Waals surface area contributed by atoms with E-state index >= 15 is 0 Å². The first-order chi connectivity index (χ1) is 10.5. The van der Waals surface area contributed by atoms with Crippen LogP contribution in [-0.2, 0) is 4.79 Å². The lowest BCUT2D eigenvalue weighted by Crippen LogP contribution is -2.25. The number of carbonyl (C=O) groups excluding carboxylic acids is 1. The summed E-state index contributed by atoms with van der Waals surface area (Å²) in [5.74, 6) is -0.394. The maximum atomic E-state index is 12.1. The Morgan fingerprint density at radius 2 is 1.86 bits per heavy atom. The van der Waals surface area contributed by atoms with Crippen LogP contribution in [0.15, 0.2) is 36.4 Å². The smallest absolute Gasteiger partial charge is 0.273 e. The molecule has 0 aromatic heterocycles. The Bertz CT molecular complexity index is 783. The van der Waals surface area contributed by atoms with Crippen LogP contribution in [0.3, 0.4) is 0 Å². The lowest BCUT2D eigenvalue weighted by Gasteiger charge is -2.27. The molecular weight excluding hydrogens is 280 g/mol. The van der Waals surface area contributed by atoms with Crippen molar-refractivity contribution in [3.05, 3.63) is 68.8 Å². The van der Waals surface area contributed by atoms with Crippen LogP contribution in [0.1, 0.15) is 34.6 Å². The molecule has 112 valence electrons. The van der Waals surface area contributed by atoms with E-state index in [1.165, 1.54) is 6.07 Å². The van der Waals surface area contributed by atoms with Crippen molar-refractivity contribution in [1.82, 2.24) is 0 Å². The number of nitrogens with one attached hydrogen (secondary N) is 1. The second kappa shape index (κ2) is 5.26. The van der Waals surface area contributed by atoms with Gasteiger partial charge in [-0.1, -0.05) is 30.3 Å². The van der Waals surface area contributed by atoms with Crippen molar-refractivity contribution in [3.63, 3.8) is 0 Å². The highest BCUT2D eigenvalue weighted by molar-refractivity contribution is 5.96. The Balaban J connectivity index is 2.21. The van der Waals surface area contributed by atoms with Crippen LogP contribution in [0.2, 0.25) is 0 Å². The summed E-state index contributed by atoms with van der Waals surface area (Å²) in [5.41, 5.74) is 4.48. The van der Waals surface area contributed by atoms with Gasteiger partial charge in [0.1, 0.15) is 0 Å². The fraction of sp³-hybridized carbons (Fsp3) is 0.235. The standard InChI is InChI=1S/C17H16N2O3/c1-10-7-8-13-14(9-16(20)18-17(13)11(10)2)12-5-3-4-6-15(12)19(21)22/h3-8,14H,9H2,1-2H3,(H,18,20)/t14-/m0/s1. The van der Waals surface area contributed by atoms with E-state index in [2.05, 4.69) is 5.32 Å². The maximum absolute atomic E-state index is 12.1. The van der Waals surface area contributed by atoms with Gasteiger partial charge in [-0.05, 0) is 30.5 Å². The third-order valence-corrected chi connectivity index (χ3v) is 4.31. The normalized spacial score (nSPS) is 16.8. The monoisotopic (exact) mass is 296 g/mol. The van der Waals surface area contributed by atoms with Crippen molar-refractivity contribution in [2.24, 2.45) is 0 Å². The van der Waals surface area contributed by atoms with Gasteiger partial charge in [0.25, 0.3) is 5.69 Å². The molecule has 0 spiro atoms. The number of aryl methyl sites for hydroxylation is 1. The summed E-state index contributed by atoms with van der Waals surface area (Å²) in [6.07, 6.45) is 0.223.